The van der Waals surface area contributed by atoms with Crippen LogP contribution in [-0.4, -0.2) is 68.5 Å². The van der Waals surface area contributed by atoms with Crippen LogP contribution in [0.1, 0.15) is 284 Å². The summed E-state index contributed by atoms with van der Waals surface area (Å²) in [5.74, 6) is -0.203. The predicted octanol–water partition coefficient (Wildman–Crippen LogP) is 16.6. The highest BCUT2D eigenvalue weighted by molar-refractivity contribution is 7.45. The van der Waals surface area contributed by atoms with Crippen molar-refractivity contribution in [3.8, 4) is 0 Å². The van der Waals surface area contributed by atoms with E-state index in [1.54, 1.807) is 6.08 Å². The number of aliphatic hydroxyl groups excluding tert-OH is 1. The highest BCUT2D eigenvalue weighted by Crippen LogP contribution is 2.38. The van der Waals surface area contributed by atoms with E-state index in [9.17, 15) is 19.4 Å². The van der Waals surface area contributed by atoms with Crippen LogP contribution in [0.4, 0.5) is 0 Å². The molecule has 0 aliphatic heterocycles. The highest BCUT2D eigenvalue weighted by Gasteiger charge is 2.23. The molecule has 3 atom stereocenters. The summed E-state index contributed by atoms with van der Waals surface area (Å²) >= 11 is 0. The summed E-state index contributed by atoms with van der Waals surface area (Å²) in [7, 11) is 1.26. The number of likely N-dealkylation sites (N-methyl/N-ethyl adjacent to an activating group) is 1. The maximum absolute atomic E-state index is 12.9. The monoisotopic (exact) mass is 953 g/mol. The molecule has 0 aromatic heterocycles. The summed E-state index contributed by atoms with van der Waals surface area (Å²) < 4.78 is 23.3. The van der Waals surface area contributed by atoms with E-state index in [0.29, 0.717) is 17.4 Å². The van der Waals surface area contributed by atoms with Crippen LogP contribution in [-0.2, 0) is 18.4 Å². The quantitative estimate of drug-likeness (QED) is 0.0272. The number of phosphoric ester groups is 1. The molecule has 66 heavy (non-hydrogen) atoms. The lowest BCUT2D eigenvalue weighted by Gasteiger charge is -2.29. The Kier molecular flexibility index (Phi) is 48.2. The molecule has 0 aliphatic rings. The summed E-state index contributed by atoms with van der Waals surface area (Å²) in [5.41, 5.74) is 0. The molecular formula is C57H113N2O6P. The van der Waals surface area contributed by atoms with Crippen LogP contribution < -0.4 is 10.2 Å². The number of hydrogen-bond donors (Lipinski definition) is 2. The Hall–Kier alpha value is -1.02. The minimum absolute atomic E-state index is 0.00115. The van der Waals surface area contributed by atoms with Crippen molar-refractivity contribution >= 4 is 13.7 Å². The van der Waals surface area contributed by atoms with Crippen LogP contribution in [0.3, 0.4) is 0 Å². The minimum Gasteiger partial charge on any atom is -0.756 e. The molecule has 8 nitrogen and oxygen atoms in total. The smallest absolute Gasteiger partial charge is 0.268 e. The van der Waals surface area contributed by atoms with Gasteiger partial charge in [0.1, 0.15) is 13.2 Å². The van der Waals surface area contributed by atoms with E-state index in [0.717, 1.165) is 51.4 Å². The molecule has 2 N–H and O–H groups in total. The number of rotatable bonds is 53. The van der Waals surface area contributed by atoms with E-state index >= 15 is 0 Å². The van der Waals surface area contributed by atoms with E-state index in [4.69, 9.17) is 9.05 Å². The third-order valence-electron chi connectivity index (χ3n) is 13.2. The molecule has 0 bridgehead atoms. The molecule has 392 valence electrons. The van der Waals surface area contributed by atoms with E-state index in [2.05, 4.69) is 31.3 Å². The first-order valence-corrected chi connectivity index (χ1v) is 30.2. The van der Waals surface area contributed by atoms with Gasteiger partial charge in [-0.05, 0) is 44.9 Å². The van der Waals surface area contributed by atoms with Crippen molar-refractivity contribution in [3.05, 3.63) is 24.3 Å². The van der Waals surface area contributed by atoms with Gasteiger partial charge in [0, 0.05) is 6.42 Å². The SMILES string of the molecule is CCCCCCC/C=C\CCCCCCCC(=O)NC(COP(=O)([O-])OCC[N+](C)(C)C)C(O)/C=C/CCCCCCCCCCCCCCCCCCCCCCCCCCCCCC. The maximum Gasteiger partial charge on any atom is 0.268 e. The Morgan fingerprint density at radius 1 is 0.515 bits per heavy atom. The molecule has 0 aromatic carbocycles. The average Bonchev–Trinajstić information content (AvgIpc) is 3.28. The Morgan fingerprint density at radius 3 is 1.18 bits per heavy atom. The second-order valence-electron chi connectivity index (χ2n) is 21.0. The van der Waals surface area contributed by atoms with Gasteiger partial charge in [0.05, 0.1) is 39.9 Å². The van der Waals surface area contributed by atoms with Gasteiger partial charge in [0.25, 0.3) is 7.82 Å². The van der Waals surface area contributed by atoms with E-state index in [-0.39, 0.29) is 19.1 Å². The molecule has 1 amide bonds. The molecule has 0 fully saturated rings. The summed E-state index contributed by atoms with van der Waals surface area (Å²) in [6.45, 7) is 4.66. The molecule has 0 rings (SSSR count). The largest absolute Gasteiger partial charge is 0.756 e. The van der Waals surface area contributed by atoms with Gasteiger partial charge in [-0.15, -0.1) is 0 Å². The molecule has 0 spiro atoms. The fourth-order valence-electron chi connectivity index (χ4n) is 8.62. The first kappa shape index (κ1) is 65.0. The van der Waals surface area contributed by atoms with Gasteiger partial charge in [-0.3, -0.25) is 9.36 Å². The van der Waals surface area contributed by atoms with Gasteiger partial charge >= 0.3 is 0 Å². The zero-order chi connectivity index (χ0) is 48.5. The van der Waals surface area contributed by atoms with Crippen LogP contribution in [0, 0.1) is 0 Å². The summed E-state index contributed by atoms with van der Waals surface area (Å²) in [5, 5.41) is 13.9. The fourth-order valence-corrected chi connectivity index (χ4v) is 9.34. The molecule has 0 aliphatic carbocycles. The van der Waals surface area contributed by atoms with E-state index in [1.807, 2.05) is 27.2 Å². The molecular weight excluding hydrogens is 840 g/mol. The Morgan fingerprint density at radius 2 is 0.833 bits per heavy atom. The van der Waals surface area contributed by atoms with Crippen LogP contribution in [0.25, 0.3) is 0 Å². The van der Waals surface area contributed by atoms with E-state index in [1.165, 1.54) is 212 Å². The first-order valence-electron chi connectivity index (χ1n) is 28.7. The van der Waals surface area contributed by atoms with Crippen molar-refractivity contribution in [2.75, 3.05) is 40.9 Å². The first-order chi connectivity index (χ1) is 32.0. The summed E-state index contributed by atoms with van der Waals surface area (Å²) in [4.78, 5) is 25.4. The molecule has 9 heteroatoms. The third kappa shape index (κ3) is 50.8. The van der Waals surface area contributed by atoms with Crippen molar-refractivity contribution in [2.24, 2.45) is 0 Å². The highest BCUT2D eigenvalue weighted by atomic mass is 31.2. The zero-order valence-corrected chi connectivity index (χ0v) is 45.6. The number of unbranched alkanes of at least 4 members (excludes halogenated alkanes) is 38. The van der Waals surface area contributed by atoms with Crippen molar-refractivity contribution in [1.29, 1.82) is 0 Å². The number of allylic oxidation sites excluding steroid dienone is 3. The second-order valence-corrected chi connectivity index (χ2v) is 22.4. The molecule has 0 radical (unpaired) electrons. The minimum atomic E-state index is -4.59. The number of nitrogens with zero attached hydrogens (tertiary/aromatic N) is 1. The average molecular weight is 954 g/mol. The van der Waals surface area contributed by atoms with Crippen molar-refractivity contribution in [1.82, 2.24) is 5.32 Å². The van der Waals surface area contributed by atoms with Crippen molar-refractivity contribution in [3.63, 3.8) is 0 Å². The standard InChI is InChI=1S/C57H113N2O6P/c1-6-8-10-12-14-16-18-20-22-23-24-25-26-27-28-29-30-31-32-33-34-35-36-37-38-40-42-44-46-48-50-56(60)55(54-65-66(62,63)64-53-52-59(3,4)5)58-57(61)51-49-47-45-43-41-39-21-19-17-15-13-11-9-7-2/h19,21,48,50,55-56,60H,6-18,20,22-47,49,51-54H2,1-5H3,(H-,58,61,62,63)/b21-19-,50-48+. The fraction of sp³-hybridized carbons (Fsp3) is 0.912. The molecule has 0 saturated heterocycles. The number of carbonyl (C=O) groups excluding carboxylic acids is 1. The van der Waals surface area contributed by atoms with Gasteiger partial charge in [-0.25, -0.2) is 0 Å². The number of aliphatic hydroxyl groups is 1. The van der Waals surface area contributed by atoms with Gasteiger partial charge in [0.2, 0.25) is 5.91 Å². The third-order valence-corrected chi connectivity index (χ3v) is 14.1. The lowest BCUT2D eigenvalue weighted by atomic mass is 10.0. The zero-order valence-electron chi connectivity index (χ0n) is 44.7. The number of nitrogens with one attached hydrogen (secondary N) is 1. The van der Waals surface area contributed by atoms with Crippen molar-refractivity contribution in [2.45, 2.75) is 296 Å². The predicted molar refractivity (Wildman–Crippen MR) is 284 cm³/mol. The van der Waals surface area contributed by atoms with Crippen LogP contribution in [0.5, 0.6) is 0 Å². The van der Waals surface area contributed by atoms with Crippen LogP contribution in [0.15, 0.2) is 24.3 Å². The normalized spacial score (nSPS) is 14.1. The summed E-state index contributed by atoms with van der Waals surface area (Å²) in [6, 6.07) is -0.889. The van der Waals surface area contributed by atoms with Gasteiger partial charge in [-0.2, -0.15) is 0 Å². The lowest BCUT2D eigenvalue weighted by molar-refractivity contribution is -0.870. The number of phosphoric acid groups is 1. The van der Waals surface area contributed by atoms with Crippen molar-refractivity contribution < 1.29 is 32.9 Å². The second kappa shape index (κ2) is 49.0. The van der Waals surface area contributed by atoms with Crippen LogP contribution >= 0.6 is 7.82 Å². The van der Waals surface area contributed by atoms with E-state index < -0.39 is 20.0 Å². The lowest BCUT2D eigenvalue weighted by Crippen LogP contribution is -2.45. The number of hydrogen-bond acceptors (Lipinski definition) is 6. The molecule has 3 unspecified atom stereocenters. The number of amides is 1. The molecule has 0 heterocycles. The van der Waals surface area contributed by atoms with Crippen LogP contribution in [0.2, 0.25) is 0 Å². The van der Waals surface area contributed by atoms with Gasteiger partial charge in [-0.1, -0.05) is 256 Å². The van der Waals surface area contributed by atoms with Gasteiger partial charge < -0.3 is 28.8 Å². The Balaban J connectivity index is 4.09. The number of quaternary nitrogens is 1. The molecule has 0 aromatic rings. The maximum atomic E-state index is 12.9. The number of carbonyl (C=O) groups is 1. The topological polar surface area (TPSA) is 108 Å². The Bertz CT molecular complexity index is 1130. The van der Waals surface area contributed by atoms with Gasteiger partial charge in [0.15, 0.2) is 0 Å². The summed E-state index contributed by atoms with van der Waals surface area (Å²) in [6.07, 6.45) is 61.2. The Labute approximate surface area is 411 Å². The molecule has 0 saturated carbocycles.